The number of aromatic nitrogens is 2. The first-order valence-electron chi connectivity index (χ1n) is 12.5. The van der Waals surface area contributed by atoms with Crippen LogP contribution in [0, 0.1) is 12.8 Å². The van der Waals surface area contributed by atoms with Gasteiger partial charge in [0, 0.05) is 19.0 Å². The number of hydrogen-bond donors (Lipinski definition) is 2. The molecule has 1 heterocycles. The Bertz CT molecular complexity index is 970. The number of esters is 1. The molecule has 1 saturated carbocycles. The number of carbonyl (C=O) groups excluding carboxylic acids is 3. The molecule has 202 valence electrons. The number of rotatable bonds is 7. The van der Waals surface area contributed by atoms with Gasteiger partial charge in [-0.15, -0.1) is 12.8 Å². The Hall–Kier alpha value is -3.70. The van der Waals surface area contributed by atoms with Gasteiger partial charge in [-0.05, 0) is 39.2 Å². The third-order valence-corrected chi connectivity index (χ3v) is 5.25. The lowest BCUT2D eigenvalue weighted by molar-refractivity contribution is -0.122. The van der Waals surface area contributed by atoms with E-state index in [0.717, 1.165) is 31.2 Å². The van der Waals surface area contributed by atoms with Crippen LogP contribution >= 0.6 is 0 Å². The Balaban J connectivity index is 0.000000759. The fraction of sp³-hybridized carbons (Fsp3) is 0.448. The molecule has 0 aliphatic heterocycles. The van der Waals surface area contributed by atoms with Gasteiger partial charge in [-0.25, -0.2) is 4.79 Å². The number of carbonyl (C=O) groups is 3. The van der Waals surface area contributed by atoms with Crippen molar-refractivity contribution in [2.45, 2.75) is 79.0 Å². The smallest absolute Gasteiger partial charge is 0.358 e. The van der Waals surface area contributed by atoms with E-state index in [2.05, 4.69) is 23.3 Å². The summed E-state index contributed by atoms with van der Waals surface area (Å²) in [6, 6.07) is 11.1. The van der Waals surface area contributed by atoms with Crippen LogP contribution in [0.2, 0.25) is 0 Å². The molecule has 1 aliphatic carbocycles. The Morgan fingerprint density at radius 3 is 2.16 bits per heavy atom. The van der Waals surface area contributed by atoms with E-state index in [0.29, 0.717) is 0 Å². The summed E-state index contributed by atoms with van der Waals surface area (Å²) in [4.78, 5) is 35.6. The zero-order valence-corrected chi connectivity index (χ0v) is 22.5. The Labute approximate surface area is 221 Å². The van der Waals surface area contributed by atoms with Crippen LogP contribution in [0.4, 0.5) is 0 Å². The van der Waals surface area contributed by atoms with Crippen molar-refractivity contribution < 1.29 is 24.2 Å². The van der Waals surface area contributed by atoms with Crippen LogP contribution in [-0.4, -0.2) is 45.2 Å². The summed E-state index contributed by atoms with van der Waals surface area (Å²) in [5.74, 6) is -1.04. The molecule has 0 bridgehead atoms. The first kappa shape index (κ1) is 33.3. The van der Waals surface area contributed by atoms with Crippen LogP contribution in [-0.2, 0) is 22.7 Å². The monoisotopic (exact) mass is 511 g/mol. The van der Waals surface area contributed by atoms with Gasteiger partial charge >= 0.3 is 5.97 Å². The van der Waals surface area contributed by atoms with Gasteiger partial charge in [0.2, 0.25) is 5.91 Å². The molecular formula is C29H41N3O5. The van der Waals surface area contributed by atoms with Gasteiger partial charge in [-0.2, -0.15) is 5.10 Å². The van der Waals surface area contributed by atoms with Crippen LogP contribution in [0.25, 0.3) is 0 Å². The quantitative estimate of drug-likeness (QED) is 0.241. The lowest BCUT2D eigenvalue weighted by Gasteiger charge is -2.22. The highest BCUT2D eigenvalue weighted by atomic mass is 16.5. The molecule has 0 atom stereocenters. The molecule has 0 unspecified atom stereocenters. The zero-order chi connectivity index (χ0) is 28.1. The minimum Gasteiger partial charge on any atom is -0.461 e. The number of hydrogen-bond acceptors (Lipinski definition) is 6. The fourth-order valence-electron chi connectivity index (χ4n) is 3.37. The summed E-state index contributed by atoms with van der Waals surface area (Å²) < 4.78 is 6.15. The molecule has 2 N–H and O–H groups in total. The molecule has 37 heavy (non-hydrogen) atoms. The maximum Gasteiger partial charge on any atom is 0.358 e. The molecule has 0 spiro atoms. The molecule has 3 rings (SSSR count). The Morgan fingerprint density at radius 2 is 1.70 bits per heavy atom. The molecule has 1 aromatic heterocycles. The summed E-state index contributed by atoms with van der Waals surface area (Å²) in [5.41, 5.74) is 1.24. The SMILES string of the molecule is C#C.C/C=C\C.CCOC(=O)c1cc(C(C)=O)n(CC(=O)NC2CCCCC2)n1.OCc1ccccc1. The van der Waals surface area contributed by atoms with E-state index in [1.165, 1.54) is 24.1 Å². The normalized spacial score (nSPS) is 12.5. The van der Waals surface area contributed by atoms with Gasteiger partial charge < -0.3 is 15.2 Å². The van der Waals surface area contributed by atoms with E-state index < -0.39 is 5.97 Å². The lowest BCUT2D eigenvalue weighted by Crippen LogP contribution is -2.38. The number of benzene rings is 1. The number of nitrogens with one attached hydrogen (secondary N) is 1. The highest BCUT2D eigenvalue weighted by Crippen LogP contribution is 2.17. The van der Waals surface area contributed by atoms with Crippen molar-refractivity contribution in [2.24, 2.45) is 0 Å². The molecular weight excluding hydrogens is 470 g/mol. The van der Waals surface area contributed by atoms with E-state index in [-0.39, 0.29) is 48.9 Å². The standard InChI is InChI=1S/C16H23N3O4.C7H8O.C4H8.C2H2/c1-3-23-16(22)13-9-14(11(2)20)19(18-13)10-15(21)17-12-7-5-4-6-8-12;8-6-7-4-2-1-3-5-7;1-3-4-2;1-2/h9,12H,3-8,10H2,1-2H3,(H,17,21);1-5,8H,6H2;3-4H,1-2H3;1-2H/b;;4-3-;. The molecule has 1 aliphatic rings. The highest BCUT2D eigenvalue weighted by Gasteiger charge is 2.21. The van der Waals surface area contributed by atoms with Crippen LogP contribution in [0.5, 0.6) is 0 Å². The Morgan fingerprint density at radius 1 is 1.11 bits per heavy atom. The second-order valence-corrected chi connectivity index (χ2v) is 8.06. The number of terminal acetylenes is 1. The topological polar surface area (TPSA) is 111 Å². The van der Waals surface area contributed by atoms with E-state index in [1.54, 1.807) is 6.92 Å². The van der Waals surface area contributed by atoms with Gasteiger partial charge in [0.15, 0.2) is 11.5 Å². The van der Waals surface area contributed by atoms with Crippen molar-refractivity contribution in [3.05, 3.63) is 65.5 Å². The summed E-state index contributed by atoms with van der Waals surface area (Å²) in [5, 5.41) is 15.6. The van der Waals surface area contributed by atoms with Crippen molar-refractivity contribution >= 4 is 17.7 Å². The average molecular weight is 512 g/mol. The summed E-state index contributed by atoms with van der Waals surface area (Å²) >= 11 is 0. The second-order valence-electron chi connectivity index (χ2n) is 8.06. The minimum absolute atomic E-state index is 0.0440. The number of allylic oxidation sites excluding steroid dienone is 2. The van der Waals surface area contributed by atoms with E-state index in [9.17, 15) is 14.4 Å². The largest absolute Gasteiger partial charge is 0.461 e. The predicted molar refractivity (Wildman–Crippen MR) is 146 cm³/mol. The zero-order valence-electron chi connectivity index (χ0n) is 22.5. The number of ketones is 1. The van der Waals surface area contributed by atoms with E-state index in [1.807, 2.05) is 56.3 Å². The lowest BCUT2D eigenvalue weighted by atomic mass is 9.95. The molecule has 2 aromatic rings. The predicted octanol–water partition coefficient (Wildman–Crippen LogP) is 4.72. The van der Waals surface area contributed by atoms with Crippen LogP contribution < -0.4 is 5.32 Å². The summed E-state index contributed by atoms with van der Waals surface area (Å²) in [6.07, 6.45) is 17.4. The number of ether oxygens (including phenoxy) is 1. The molecule has 8 nitrogen and oxygen atoms in total. The second kappa shape index (κ2) is 20.5. The number of aliphatic hydroxyl groups is 1. The van der Waals surface area contributed by atoms with Gasteiger partial charge in [-0.3, -0.25) is 14.3 Å². The van der Waals surface area contributed by atoms with Crippen molar-refractivity contribution in [1.82, 2.24) is 15.1 Å². The third kappa shape index (κ3) is 13.8. The van der Waals surface area contributed by atoms with Gasteiger partial charge in [0.25, 0.3) is 0 Å². The maximum absolute atomic E-state index is 12.2. The Kier molecular flexibility index (Phi) is 18.4. The van der Waals surface area contributed by atoms with Crippen LogP contribution in [0.1, 0.15) is 86.3 Å². The summed E-state index contributed by atoms with van der Waals surface area (Å²) in [6.45, 7) is 7.36. The van der Waals surface area contributed by atoms with Crippen molar-refractivity contribution in [1.29, 1.82) is 0 Å². The van der Waals surface area contributed by atoms with Crippen LogP contribution in [0.3, 0.4) is 0 Å². The average Bonchev–Trinajstić information content (AvgIpc) is 3.35. The molecule has 1 fully saturated rings. The van der Waals surface area contributed by atoms with E-state index >= 15 is 0 Å². The first-order chi connectivity index (χ1) is 17.9. The number of Topliss-reactive ketones (excluding diaryl/α,β-unsaturated/α-hetero) is 1. The van der Waals surface area contributed by atoms with Gasteiger partial charge in [0.1, 0.15) is 12.2 Å². The molecule has 1 aromatic carbocycles. The van der Waals surface area contributed by atoms with Crippen molar-refractivity contribution in [3.8, 4) is 12.8 Å². The highest BCUT2D eigenvalue weighted by molar-refractivity contribution is 5.96. The third-order valence-electron chi connectivity index (χ3n) is 5.25. The number of nitrogens with zero attached hydrogens (tertiary/aromatic N) is 2. The molecule has 8 heteroatoms. The van der Waals surface area contributed by atoms with Crippen molar-refractivity contribution in [3.63, 3.8) is 0 Å². The first-order valence-corrected chi connectivity index (χ1v) is 12.5. The van der Waals surface area contributed by atoms with Gasteiger partial charge in [-0.1, -0.05) is 61.7 Å². The van der Waals surface area contributed by atoms with Crippen LogP contribution in [0.15, 0.2) is 48.6 Å². The van der Waals surface area contributed by atoms with Crippen molar-refractivity contribution in [2.75, 3.05) is 6.61 Å². The molecule has 1 amide bonds. The molecule has 0 saturated heterocycles. The maximum atomic E-state index is 12.2. The minimum atomic E-state index is -0.596. The number of aliphatic hydroxyl groups excluding tert-OH is 1. The van der Waals surface area contributed by atoms with Gasteiger partial charge in [0.05, 0.1) is 13.2 Å². The fourth-order valence-corrected chi connectivity index (χ4v) is 3.37. The number of amides is 1. The molecule has 0 radical (unpaired) electrons. The van der Waals surface area contributed by atoms with E-state index in [4.69, 9.17) is 9.84 Å². The summed E-state index contributed by atoms with van der Waals surface area (Å²) in [7, 11) is 0.